The predicted molar refractivity (Wildman–Crippen MR) is 105 cm³/mol. The zero-order valence-corrected chi connectivity index (χ0v) is 15.3. The van der Waals surface area contributed by atoms with Crippen LogP contribution < -0.4 is 10.6 Å². The number of aromatic nitrogens is 1. The van der Waals surface area contributed by atoms with Gasteiger partial charge in [0, 0.05) is 25.5 Å². The summed E-state index contributed by atoms with van der Waals surface area (Å²) in [5.41, 5.74) is 2.28. The second-order valence-electron chi connectivity index (χ2n) is 6.33. The van der Waals surface area contributed by atoms with E-state index in [0.29, 0.717) is 48.3 Å². The van der Waals surface area contributed by atoms with Crippen molar-refractivity contribution in [2.24, 2.45) is 0 Å². The van der Waals surface area contributed by atoms with Gasteiger partial charge in [-0.2, -0.15) is 0 Å². The molecule has 2 aromatic carbocycles. The van der Waals surface area contributed by atoms with E-state index in [0.717, 1.165) is 0 Å². The number of anilines is 1. The Hall–Kier alpha value is -3.28. The number of benzene rings is 2. The average Bonchev–Trinajstić information content (AvgIpc) is 2.71. The molecule has 0 aliphatic heterocycles. The van der Waals surface area contributed by atoms with Crippen molar-refractivity contribution in [2.45, 2.75) is 12.8 Å². The molecule has 0 radical (unpaired) electrons. The highest BCUT2D eigenvalue weighted by Crippen LogP contribution is 2.11. The van der Waals surface area contributed by atoms with Gasteiger partial charge in [0.15, 0.2) is 0 Å². The molecule has 6 heteroatoms. The minimum Gasteiger partial charge on any atom is -0.383 e. The molecule has 2 N–H and O–H groups in total. The van der Waals surface area contributed by atoms with Crippen molar-refractivity contribution < 1.29 is 13.6 Å². The van der Waals surface area contributed by atoms with Crippen LogP contribution in [0.25, 0.3) is 0 Å². The number of amides is 1. The van der Waals surface area contributed by atoms with Crippen LogP contribution in [0.5, 0.6) is 0 Å². The maximum Gasteiger partial charge on any atom is 0.252 e. The van der Waals surface area contributed by atoms with Crippen LogP contribution in [0.3, 0.4) is 0 Å². The molecule has 0 unspecified atom stereocenters. The van der Waals surface area contributed by atoms with Crippen molar-refractivity contribution in [1.82, 2.24) is 10.3 Å². The number of hydrogen-bond acceptors (Lipinski definition) is 3. The quantitative estimate of drug-likeness (QED) is 0.620. The topological polar surface area (TPSA) is 54.0 Å². The largest absolute Gasteiger partial charge is 0.383 e. The van der Waals surface area contributed by atoms with Gasteiger partial charge >= 0.3 is 0 Å². The Morgan fingerprint density at radius 1 is 0.857 bits per heavy atom. The maximum absolute atomic E-state index is 13.6. The Balaban J connectivity index is 1.50. The first-order valence-electron chi connectivity index (χ1n) is 9.07. The standard InChI is InChI=1S/C22H21F2N3O/c23-20-7-3-1-5-16(20)9-11-26-19-13-18(14-25-15-19)22(28)27-12-10-17-6-2-4-8-21(17)24/h1-8,13-15,26H,9-12H2,(H,27,28). The average molecular weight is 381 g/mol. The Labute approximate surface area is 162 Å². The van der Waals surface area contributed by atoms with E-state index in [2.05, 4.69) is 15.6 Å². The van der Waals surface area contributed by atoms with Crippen molar-refractivity contribution in [3.63, 3.8) is 0 Å². The van der Waals surface area contributed by atoms with Gasteiger partial charge < -0.3 is 10.6 Å². The molecule has 0 spiro atoms. The van der Waals surface area contributed by atoms with Crippen molar-refractivity contribution in [2.75, 3.05) is 18.4 Å². The van der Waals surface area contributed by atoms with Gasteiger partial charge in [-0.25, -0.2) is 8.78 Å². The first-order valence-corrected chi connectivity index (χ1v) is 9.07. The van der Waals surface area contributed by atoms with E-state index >= 15 is 0 Å². The number of nitrogens with one attached hydrogen (secondary N) is 2. The fourth-order valence-electron chi connectivity index (χ4n) is 2.82. The first kappa shape index (κ1) is 19.5. The number of pyridine rings is 1. The molecule has 0 saturated carbocycles. The molecule has 0 aliphatic carbocycles. The second kappa shape index (κ2) is 9.60. The van der Waals surface area contributed by atoms with Gasteiger partial charge in [-0.05, 0) is 42.2 Å². The smallest absolute Gasteiger partial charge is 0.252 e. The lowest BCUT2D eigenvalue weighted by molar-refractivity contribution is 0.0953. The summed E-state index contributed by atoms with van der Waals surface area (Å²) in [5, 5.41) is 5.91. The van der Waals surface area contributed by atoms with Crippen molar-refractivity contribution in [3.8, 4) is 0 Å². The fraction of sp³-hybridized carbons (Fsp3) is 0.182. The van der Waals surface area contributed by atoms with Gasteiger partial charge in [0.25, 0.3) is 5.91 Å². The number of halogens is 2. The number of carbonyl (C=O) groups is 1. The van der Waals surface area contributed by atoms with Crippen LogP contribution in [-0.2, 0) is 12.8 Å². The lowest BCUT2D eigenvalue weighted by Gasteiger charge is -2.09. The maximum atomic E-state index is 13.6. The summed E-state index contributed by atoms with van der Waals surface area (Å²) >= 11 is 0. The van der Waals surface area contributed by atoms with Gasteiger partial charge in [0.2, 0.25) is 0 Å². The Bertz CT molecular complexity index is 946. The summed E-state index contributed by atoms with van der Waals surface area (Å²) in [6.07, 6.45) is 4.01. The predicted octanol–water partition coefficient (Wildman–Crippen LogP) is 3.99. The summed E-state index contributed by atoms with van der Waals surface area (Å²) in [6.45, 7) is 0.839. The molecule has 0 saturated heterocycles. The molecule has 144 valence electrons. The summed E-state index contributed by atoms with van der Waals surface area (Å²) in [6, 6.07) is 14.8. The highest BCUT2D eigenvalue weighted by atomic mass is 19.1. The molecule has 0 atom stereocenters. The molecule has 1 amide bonds. The highest BCUT2D eigenvalue weighted by Gasteiger charge is 2.08. The SMILES string of the molecule is O=C(NCCc1ccccc1F)c1cncc(NCCc2ccccc2F)c1. The molecular weight excluding hydrogens is 360 g/mol. The molecule has 0 bridgehead atoms. The van der Waals surface area contributed by atoms with Crippen molar-refractivity contribution >= 4 is 11.6 Å². The Morgan fingerprint density at radius 3 is 2.11 bits per heavy atom. The molecular formula is C22H21F2N3O. The van der Waals surface area contributed by atoms with Gasteiger partial charge in [-0.3, -0.25) is 9.78 Å². The number of hydrogen-bond donors (Lipinski definition) is 2. The fourth-order valence-corrected chi connectivity index (χ4v) is 2.82. The Morgan fingerprint density at radius 2 is 1.46 bits per heavy atom. The molecule has 0 aliphatic rings. The van der Waals surface area contributed by atoms with Crippen molar-refractivity contribution in [3.05, 3.63) is 95.3 Å². The summed E-state index contributed by atoms with van der Waals surface area (Å²) < 4.78 is 27.2. The van der Waals surface area contributed by atoms with Crippen LogP contribution in [0.15, 0.2) is 67.0 Å². The highest BCUT2D eigenvalue weighted by molar-refractivity contribution is 5.94. The van der Waals surface area contributed by atoms with E-state index in [4.69, 9.17) is 0 Å². The van der Waals surface area contributed by atoms with Crippen LogP contribution >= 0.6 is 0 Å². The monoisotopic (exact) mass is 381 g/mol. The molecule has 3 aromatic rings. The molecule has 3 rings (SSSR count). The van der Waals surface area contributed by atoms with Gasteiger partial charge in [0.05, 0.1) is 11.3 Å². The van der Waals surface area contributed by atoms with Crippen LogP contribution in [0.2, 0.25) is 0 Å². The van der Waals surface area contributed by atoms with E-state index in [9.17, 15) is 13.6 Å². The molecule has 28 heavy (non-hydrogen) atoms. The number of rotatable bonds is 8. The molecule has 1 aromatic heterocycles. The van der Waals surface area contributed by atoms with Gasteiger partial charge in [-0.1, -0.05) is 36.4 Å². The minimum absolute atomic E-state index is 0.231. The lowest BCUT2D eigenvalue weighted by atomic mass is 10.1. The zero-order chi connectivity index (χ0) is 19.8. The van der Waals surface area contributed by atoms with Gasteiger partial charge in [0.1, 0.15) is 11.6 Å². The van der Waals surface area contributed by atoms with Crippen LogP contribution in [-0.4, -0.2) is 24.0 Å². The third-order valence-electron chi connectivity index (χ3n) is 4.32. The van der Waals surface area contributed by atoms with Crippen LogP contribution in [0.1, 0.15) is 21.5 Å². The number of nitrogens with zero attached hydrogens (tertiary/aromatic N) is 1. The van der Waals surface area contributed by atoms with E-state index < -0.39 is 0 Å². The van der Waals surface area contributed by atoms with Gasteiger partial charge in [-0.15, -0.1) is 0 Å². The van der Waals surface area contributed by atoms with E-state index in [-0.39, 0.29) is 17.5 Å². The first-order chi connectivity index (χ1) is 13.6. The summed E-state index contributed by atoms with van der Waals surface area (Å²) in [5.74, 6) is -0.786. The number of carbonyl (C=O) groups excluding carboxylic acids is 1. The summed E-state index contributed by atoms with van der Waals surface area (Å²) in [7, 11) is 0. The third kappa shape index (κ3) is 5.36. The third-order valence-corrected chi connectivity index (χ3v) is 4.32. The van der Waals surface area contributed by atoms with E-state index in [1.54, 1.807) is 48.7 Å². The normalized spacial score (nSPS) is 10.5. The Kier molecular flexibility index (Phi) is 6.68. The van der Waals surface area contributed by atoms with E-state index in [1.165, 1.54) is 18.3 Å². The van der Waals surface area contributed by atoms with Crippen LogP contribution in [0, 0.1) is 11.6 Å². The molecule has 4 nitrogen and oxygen atoms in total. The lowest BCUT2D eigenvalue weighted by Crippen LogP contribution is -2.26. The zero-order valence-electron chi connectivity index (χ0n) is 15.3. The van der Waals surface area contributed by atoms with Crippen LogP contribution in [0.4, 0.5) is 14.5 Å². The summed E-state index contributed by atoms with van der Waals surface area (Å²) in [4.78, 5) is 16.4. The minimum atomic E-state index is -0.278. The van der Waals surface area contributed by atoms with E-state index in [1.807, 2.05) is 0 Å². The second-order valence-corrected chi connectivity index (χ2v) is 6.33. The molecule has 0 fully saturated rings. The molecule has 1 heterocycles. The van der Waals surface area contributed by atoms with Crippen molar-refractivity contribution in [1.29, 1.82) is 0 Å².